The van der Waals surface area contributed by atoms with Crippen LogP contribution < -0.4 is 5.76 Å². The minimum absolute atomic E-state index is 0.0219. The predicted octanol–water partition coefficient (Wildman–Crippen LogP) is 2.26. The summed E-state index contributed by atoms with van der Waals surface area (Å²) in [7, 11) is 0. The third kappa shape index (κ3) is 3.29. The van der Waals surface area contributed by atoms with E-state index < -0.39 is 5.76 Å². The SMILES string of the molecule is O=C(Cn1c(=O)oc2ccccc21)N1CCCC[C@H]1CCn1cccn1. The molecule has 0 N–H and O–H groups in total. The fourth-order valence-corrected chi connectivity index (χ4v) is 3.73. The van der Waals surface area contributed by atoms with Gasteiger partial charge in [0.25, 0.3) is 0 Å². The lowest BCUT2D eigenvalue weighted by Gasteiger charge is -2.36. The predicted molar refractivity (Wildman–Crippen MR) is 96.7 cm³/mol. The highest BCUT2D eigenvalue weighted by Crippen LogP contribution is 2.21. The summed E-state index contributed by atoms with van der Waals surface area (Å²) in [6, 6.07) is 9.29. The number of rotatable bonds is 5. The van der Waals surface area contributed by atoms with Gasteiger partial charge in [-0.2, -0.15) is 5.10 Å². The number of aryl methyl sites for hydroxylation is 1. The first-order valence-corrected chi connectivity index (χ1v) is 9.07. The summed E-state index contributed by atoms with van der Waals surface area (Å²) in [5.41, 5.74) is 1.18. The largest absolute Gasteiger partial charge is 0.420 e. The number of hydrogen-bond donors (Lipinski definition) is 0. The van der Waals surface area contributed by atoms with Gasteiger partial charge in [0.15, 0.2) is 5.58 Å². The number of piperidine rings is 1. The van der Waals surface area contributed by atoms with Gasteiger partial charge < -0.3 is 9.32 Å². The van der Waals surface area contributed by atoms with Gasteiger partial charge in [-0.3, -0.25) is 14.0 Å². The van der Waals surface area contributed by atoms with Crippen LogP contribution in [0.1, 0.15) is 25.7 Å². The molecule has 26 heavy (non-hydrogen) atoms. The van der Waals surface area contributed by atoms with Crippen molar-refractivity contribution in [1.82, 2.24) is 19.2 Å². The smallest absolute Gasteiger partial charge is 0.408 e. The van der Waals surface area contributed by atoms with Crippen LogP contribution in [-0.2, 0) is 17.9 Å². The van der Waals surface area contributed by atoms with E-state index in [1.165, 1.54) is 4.57 Å². The van der Waals surface area contributed by atoms with E-state index in [1.54, 1.807) is 18.3 Å². The van der Waals surface area contributed by atoms with Crippen LogP contribution >= 0.6 is 0 Å². The molecule has 7 heteroatoms. The number of oxazole rings is 1. The Morgan fingerprint density at radius 2 is 2.12 bits per heavy atom. The number of aromatic nitrogens is 3. The summed E-state index contributed by atoms with van der Waals surface area (Å²) < 4.78 is 8.56. The molecule has 0 spiro atoms. The van der Waals surface area contributed by atoms with Gasteiger partial charge in [0, 0.05) is 31.5 Å². The van der Waals surface area contributed by atoms with Crippen LogP contribution in [0.2, 0.25) is 0 Å². The van der Waals surface area contributed by atoms with Crippen LogP contribution in [0, 0.1) is 0 Å². The Hall–Kier alpha value is -2.83. The van der Waals surface area contributed by atoms with E-state index in [2.05, 4.69) is 5.10 Å². The highest BCUT2D eigenvalue weighted by molar-refractivity contribution is 5.79. The second kappa shape index (κ2) is 7.19. The summed E-state index contributed by atoms with van der Waals surface area (Å²) in [6.07, 6.45) is 7.70. The minimum Gasteiger partial charge on any atom is -0.408 e. The molecular formula is C19H22N4O3. The molecule has 0 aliphatic carbocycles. The molecule has 136 valence electrons. The second-order valence-corrected chi connectivity index (χ2v) is 6.72. The molecule has 3 heterocycles. The average molecular weight is 354 g/mol. The summed E-state index contributed by atoms with van der Waals surface area (Å²) in [6.45, 7) is 1.55. The van der Waals surface area contributed by atoms with Gasteiger partial charge in [-0.25, -0.2) is 4.79 Å². The van der Waals surface area contributed by atoms with Gasteiger partial charge >= 0.3 is 5.76 Å². The van der Waals surface area contributed by atoms with Crippen LogP contribution in [0.5, 0.6) is 0 Å². The molecule has 1 aromatic carbocycles. The van der Waals surface area contributed by atoms with Gasteiger partial charge in [-0.05, 0) is 43.9 Å². The zero-order chi connectivity index (χ0) is 17.9. The number of fused-ring (bicyclic) bond motifs is 1. The van der Waals surface area contributed by atoms with Crippen molar-refractivity contribution in [3.05, 3.63) is 53.3 Å². The number of hydrogen-bond acceptors (Lipinski definition) is 4. The van der Waals surface area contributed by atoms with E-state index in [-0.39, 0.29) is 18.5 Å². The summed E-state index contributed by atoms with van der Waals surface area (Å²) in [4.78, 5) is 27.0. The molecule has 0 radical (unpaired) electrons. The molecule has 2 aromatic heterocycles. The lowest BCUT2D eigenvalue weighted by atomic mass is 9.99. The molecule has 4 rings (SSSR count). The van der Waals surface area contributed by atoms with Crippen LogP contribution in [-0.4, -0.2) is 37.7 Å². The number of nitrogens with zero attached hydrogens (tertiary/aromatic N) is 4. The lowest BCUT2D eigenvalue weighted by molar-refractivity contribution is -0.135. The molecule has 1 saturated heterocycles. The molecular weight excluding hydrogens is 332 g/mol. The first kappa shape index (κ1) is 16.6. The number of carbonyl (C=O) groups excluding carboxylic acids is 1. The molecule has 7 nitrogen and oxygen atoms in total. The average Bonchev–Trinajstić information content (AvgIpc) is 3.28. The second-order valence-electron chi connectivity index (χ2n) is 6.72. The Morgan fingerprint density at radius 3 is 2.96 bits per heavy atom. The summed E-state index contributed by atoms with van der Waals surface area (Å²) in [5.74, 6) is -0.506. The first-order chi connectivity index (χ1) is 12.7. The number of likely N-dealkylation sites (tertiary alicyclic amines) is 1. The number of para-hydroxylation sites is 2. The topological polar surface area (TPSA) is 73.3 Å². The highest BCUT2D eigenvalue weighted by atomic mass is 16.4. The summed E-state index contributed by atoms with van der Waals surface area (Å²) in [5, 5.41) is 4.23. The molecule has 0 bridgehead atoms. The maximum atomic E-state index is 12.9. The zero-order valence-corrected chi connectivity index (χ0v) is 14.6. The van der Waals surface area contributed by atoms with Gasteiger partial charge in [-0.15, -0.1) is 0 Å². The third-order valence-corrected chi connectivity index (χ3v) is 5.07. The fourth-order valence-electron chi connectivity index (χ4n) is 3.73. The Morgan fingerprint density at radius 1 is 1.23 bits per heavy atom. The highest BCUT2D eigenvalue weighted by Gasteiger charge is 2.27. The molecule has 3 aromatic rings. The van der Waals surface area contributed by atoms with Crippen molar-refractivity contribution in [3.63, 3.8) is 0 Å². The molecule has 0 saturated carbocycles. The van der Waals surface area contributed by atoms with Crippen molar-refractivity contribution in [3.8, 4) is 0 Å². The van der Waals surface area contributed by atoms with Crippen molar-refractivity contribution in [2.24, 2.45) is 0 Å². The molecule has 1 atom stereocenters. The summed E-state index contributed by atoms with van der Waals surface area (Å²) >= 11 is 0. The number of amides is 1. The maximum Gasteiger partial charge on any atom is 0.420 e. The van der Waals surface area contributed by atoms with Crippen molar-refractivity contribution in [1.29, 1.82) is 0 Å². The van der Waals surface area contributed by atoms with Crippen LogP contribution in [0.25, 0.3) is 11.1 Å². The Balaban J connectivity index is 1.49. The van der Waals surface area contributed by atoms with E-state index in [0.717, 1.165) is 38.8 Å². The molecule has 1 fully saturated rings. The van der Waals surface area contributed by atoms with Gasteiger partial charge in [0.2, 0.25) is 5.91 Å². The standard InChI is InChI=1S/C19H22N4O3/c24-18(14-23-16-7-1-2-8-17(16)26-19(23)25)22-12-4-3-6-15(22)9-13-21-11-5-10-20-21/h1-2,5,7-8,10-11,15H,3-4,6,9,12-14H2/t15-/m0/s1. The Kier molecular flexibility index (Phi) is 4.60. The van der Waals surface area contributed by atoms with E-state index in [4.69, 9.17) is 4.42 Å². The molecule has 1 aliphatic rings. The van der Waals surface area contributed by atoms with Crippen molar-refractivity contribution in [2.75, 3.05) is 6.54 Å². The normalized spacial score (nSPS) is 17.7. The van der Waals surface area contributed by atoms with Crippen LogP contribution in [0.15, 0.2) is 51.9 Å². The molecule has 1 aliphatic heterocycles. The van der Waals surface area contributed by atoms with Crippen molar-refractivity contribution in [2.45, 2.75) is 44.8 Å². The van der Waals surface area contributed by atoms with Crippen LogP contribution in [0.3, 0.4) is 0 Å². The Labute approximate surface area is 150 Å². The number of benzene rings is 1. The molecule has 1 amide bonds. The van der Waals surface area contributed by atoms with E-state index in [9.17, 15) is 9.59 Å². The minimum atomic E-state index is -0.482. The van der Waals surface area contributed by atoms with Crippen molar-refractivity contribution < 1.29 is 9.21 Å². The van der Waals surface area contributed by atoms with Crippen molar-refractivity contribution >= 4 is 17.0 Å². The Bertz CT molecular complexity index is 941. The third-order valence-electron chi connectivity index (χ3n) is 5.07. The first-order valence-electron chi connectivity index (χ1n) is 9.07. The molecule has 0 unspecified atom stereocenters. The van der Waals surface area contributed by atoms with E-state index in [0.29, 0.717) is 11.1 Å². The fraction of sp³-hybridized carbons (Fsp3) is 0.421. The number of carbonyl (C=O) groups is 1. The monoisotopic (exact) mass is 354 g/mol. The van der Waals surface area contributed by atoms with Gasteiger partial charge in [-0.1, -0.05) is 12.1 Å². The van der Waals surface area contributed by atoms with Crippen LogP contribution in [0.4, 0.5) is 0 Å². The van der Waals surface area contributed by atoms with E-state index in [1.807, 2.05) is 34.0 Å². The van der Waals surface area contributed by atoms with Gasteiger partial charge in [0.1, 0.15) is 6.54 Å². The van der Waals surface area contributed by atoms with Gasteiger partial charge in [0.05, 0.1) is 5.52 Å². The lowest BCUT2D eigenvalue weighted by Crippen LogP contribution is -2.46. The zero-order valence-electron chi connectivity index (χ0n) is 14.6. The van der Waals surface area contributed by atoms with E-state index >= 15 is 0 Å². The quantitative estimate of drug-likeness (QED) is 0.704. The maximum absolute atomic E-state index is 12.9.